The van der Waals surface area contributed by atoms with Crippen molar-refractivity contribution in [1.29, 1.82) is 0 Å². The van der Waals surface area contributed by atoms with E-state index < -0.39 is 0 Å². The molecule has 98 valence electrons. The Morgan fingerprint density at radius 2 is 1.70 bits per heavy atom. The van der Waals surface area contributed by atoms with Crippen LogP contribution in [-0.4, -0.2) is 4.57 Å². The Balaban J connectivity index is 1.99. The van der Waals surface area contributed by atoms with Crippen molar-refractivity contribution < 1.29 is 0 Å². The molecule has 0 atom stereocenters. The van der Waals surface area contributed by atoms with Crippen LogP contribution < -0.4 is 0 Å². The third kappa shape index (κ3) is 1.74. The van der Waals surface area contributed by atoms with E-state index in [0.29, 0.717) is 0 Å². The van der Waals surface area contributed by atoms with Gasteiger partial charge in [-0.15, -0.1) is 11.3 Å². The number of hydrogen-bond acceptors (Lipinski definition) is 1. The topological polar surface area (TPSA) is 4.93 Å². The molecule has 1 nitrogen and oxygen atoms in total. The third-order valence-electron chi connectivity index (χ3n) is 3.70. The molecular weight excluding hydrogens is 330 g/mol. The van der Waals surface area contributed by atoms with Crippen LogP contribution in [0.25, 0.3) is 31.6 Å². The normalized spacial score (nSPS) is 11.5. The lowest BCUT2D eigenvalue weighted by atomic mass is 10.1. The molecule has 0 amide bonds. The smallest absolute Gasteiger partial charge is 0.104 e. The lowest BCUT2D eigenvalue weighted by Crippen LogP contribution is -1.83. The van der Waals surface area contributed by atoms with Gasteiger partial charge in [0.15, 0.2) is 0 Å². The van der Waals surface area contributed by atoms with Crippen molar-refractivity contribution in [1.82, 2.24) is 4.57 Å². The third-order valence-corrected chi connectivity index (χ3v) is 5.49. The summed E-state index contributed by atoms with van der Waals surface area (Å²) in [6, 6.07) is 19.4. The number of nitrogens with zero attached hydrogens (tertiary/aromatic N) is 1. The van der Waals surface area contributed by atoms with E-state index in [4.69, 9.17) is 0 Å². The van der Waals surface area contributed by atoms with E-state index in [9.17, 15) is 0 Å². The maximum Gasteiger partial charge on any atom is 0.104 e. The van der Waals surface area contributed by atoms with Gasteiger partial charge >= 0.3 is 0 Å². The largest absolute Gasteiger partial charge is 0.335 e. The lowest BCUT2D eigenvalue weighted by molar-refractivity contribution is 1.02. The minimum absolute atomic E-state index is 1.12. The molecule has 0 saturated carbocycles. The zero-order valence-corrected chi connectivity index (χ0v) is 13.3. The summed E-state index contributed by atoms with van der Waals surface area (Å²) in [5.74, 6) is 0. The fraction of sp³-hybridized carbons (Fsp3) is 0.0588. The number of hydrogen-bond donors (Lipinski definition) is 0. The molecule has 0 unspecified atom stereocenters. The number of thiophene rings is 1. The first-order chi connectivity index (χ1) is 9.74. The summed E-state index contributed by atoms with van der Waals surface area (Å²) in [6.07, 6.45) is 0. The highest BCUT2D eigenvalue weighted by atomic mass is 79.9. The van der Waals surface area contributed by atoms with Crippen LogP contribution in [-0.2, 0) is 7.05 Å². The van der Waals surface area contributed by atoms with Crippen molar-refractivity contribution in [2.75, 3.05) is 0 Å². The Morgan fingerprint density at radius 1 is 0.950 bits per heavy atom. The minimum atomic E-state index is 1.12. The molecule has 0 aliphatic rings. The van der Waals surface area contributed by atoms with Gasteiger partial charge in [-0.2, -0.15) is 0 Å². The van der Waals surface area contributed by atoms with Gasteiger partial charge in [-0.25, -0.2) is 0 Å². The van der Waals surface area contributed by atoms with Crippen LogP contribution in [0.2, 0.25) is 0 Å². The molecule has 0 saturated heterocycles. The molecule has 2 aromatic heterocycles. The monoisotopic (exact) mass is 341 g/mol. The lowest BCUT2D eigenvalue weighted by Gasteiger charge is -1.99. The van der Waals surface area contributed by atoms with E-state index in [1.165, 1.54) is 31.6 Å². The van der Waals surface area contributed by atoms with Gasteiger partial charge in [-0.1, -0.05) is 46.3 Å². The molecule has 4 aromatic rings. The summed E-state index contributed by atoms with van der Waals surface area (Å²) in [4.78, 5) is 2.66. The van der Waals surface area contributed by atoms with E-state index >= 15 is 0 Å². The summed E-state index contributed by atoms with van der Waals surface area (Å²) in [5.41, 5.74) is 2.58. The Hall–Kier alpha value is -1.58. The second-order valence-corrected chi connectivity index (χ2v) is 6.86. The maximum atomic E-state index is 3.49. The number of benzene rings is 2. The van der Waals surface area contributed by atoms with Gasteiger partial charge in [0.05, 0.1) is 0 Å². The van der Waals surface area contributed by atoms with E-state index in [0.717, 1.165) is 4.47 Å². The first-order valence-corrected chi connectivity index (χ1v) is 8.08. The number of aryl methyl sites for hydroxylation is 1. The maximum absolute atomic E-state index is 3.49. The first kappa shape index (κ1) is 12.2. The molecule has 2 heterocycles. The summed E-state index contributed by atoms with van der Waals surface area (Å²) >= 11 is 5.34. The van der Waals surface area contributed by atoms with Crippen LogP contribution in [0.1, 0.15) is 0 Å². The molecule has 20 heavy (non-hydrogen) atoms. The average Bonchev–Trinajstić information content (AvgIpc) is 3.01. The fourth-order valence-corrected chi connectivity index (χ4v) is 4.10. The molecule has 0 bridgehead atoms. The van der Waals surface area contributed by atoms with Gasteiger partial charge in [0.25, 0.3) is 0 Å². The molecule has 4 rings (SSSR count). The minimum Gasteiger partial charge on any atom is -0.335 e. The molecule has 0 radical (unpaired) electrons. The van der Waals surface area contributed by atoms with Crippen LogP contribution in [0, 0.1) is 0 Å². The summed E-state index contributed by atoms with van der Waals surface area (Å²) in [7, 11) is 2.15. The van der Waals surface area contributed by atoms with Gasteiger partial charge in [-0.05, 0) is 29.8 Å². The van der Waals surface area contributed by atoms with Gasteiger partial charge in [0.2, 0.25) is 0 Å². The Bertz CT molecular complexity index is 915. The van der Waals surface area contributed by atoms with Crippen LogP contribution in [0.4, 0.5) is 0 Å². The summed E-state index contributed by atoms with van der Waals surface area (Å²) in [6.45, 7) is 0. The van der Waals surface area contributed by atoms with Crippen molar-refractivity contribution in [3.05, 3.63) is 59.1 Å². The highest BCUT2D eigenvalue weighted by Gasteiger charge is 2.12. The summed E-state index contributed by atoms with van der Waals surface area (Å²) < 4.78 is 3.41. The molecule has 0 spiro atoms. The van der Waals surface area contributed by atoms with Crippen molar-refractivity contribution >= 4 is 48.4 Å². The number of para-hydroxylation sites is 1. The molecule has 3 heteroatoms. The zero-order valence-electron chi connectivity index (χ0n) is 10.9. The number of halogens is 1. The Morgan fingerprint density at radius 3 is 2.50 bits per heavy atom. The van der Waals surface area contributed by atoms with Crippen LogP contribution >= 0.6 is 27.3 Å². The highest BCUT2D eigenvalue weighted by molar-refractivity contribution is 9.10. The van der Waals surface area contributed by atoms with Crippen molar-refractivity contribution in [3.63, 3.8) is 0 Å². The molecular formula is C17H12BrNS. The van der Waals surface area contributed by atoms with E-state index in [2.05, 4.69) is 82.1 Å². The summed E-state index contributed by atoms with van der Waals surface area (Å²) in [5, 5.41) is 2.69. The predicted molar refractivity (Wildman–Crippen MR) is 91.4 cm³/mol. The second kappa shape index (κ2) is 4.47. The highest BCUT2D eigenvalue weighted by Crippen LogP contribution is 2.39. The van der Waals surface area contributed by atoms with E-state index in [1.807, 2.05) is 11.3 Å². The molecule has 0 aliphatic carbocycles. The van der Waals surface area contributed by atoms with Crippen LogP contribution in [0.15, 0.2) is 59.1 Å². The quantitative estimate of drug-likeness (QED) is 0.411. The van der Waals surface area contributed by atoms with Gasteiger partial charge in [0.1, 0.15) is 4.83 Å². The second-order valence-electron chi connectivity index (χ2n) is 4.91. The zero-order chi connectivity index (χ0) is 13.7. The average molecular weight is 342 g/mol. The van der Waals surface area contributed by atoms with Crippen LogP contribution in [0.5, 0.6) is 0 Å². The molecule has 0 N–H and O–H groups in total. The molecule has 0 aliphatic heterocycles. The first-order valence-electron chi connectivity index (χ1n) is 6.47. The Kier molecular flexibility index (Phi) is 2.72. The van der Waals surface area contributed by atoms with Crippen molar-refractivity contribution in [2.24, 2.45) is 7.05 Å². The van der Waals surface area contributed by atoms with Gasteiger partial charge < -0.3 is 4.57 Å². The standard InChI is InChI=1S/C17H12BrNS/c1-19-15-5-3-2-4-13(15)14-10-16(20-17(14)19)11-6-8-12(18)9-7-11/h2-10H,1H3. The van der Waals surface area contributed by atoms with E-state index in [-0.39, 0.29) is 0 Å². The SMILES string of the molecule is Cn1c2ccccc2c2cc(-c3ccc(Br)cc3)sc21. The molecule has 0 fully saturated rings. The van der Waals surface area contributed by atoms with Crippen molar-refractivity contribution in [3.8, 4) is 10.4 Å². The predicted octanol–water partition coefficient (Wildman–Crippen LogP) is 5.82. The molecule has 2 aromatic carbocycles. The van der Waals surface area contributed by atoms with Crippen molar-refractivity contribution in [2.45, 2.75) is 0 Å². The fourth-order valence-electron chi connectivity index (χ4n) is 2.68. The Labute approximate surface area is 129 Å². The van der Waals surface area contributed by atoms with E-state index in [1.54, 1.807) is 0 Å². The number of aromatic nitrogens is 1. The number of rotatable bonds is 1. The van der Waals surface area contributed by atoms with Gasteiger partial charge in [-0.3, -0.25) is 0 Å². The van der Waals surface area contributed by atoms with Crippen LogP contribution in [0.3, 0.4) is 0 Å². The van der Waals surface area contributed by atoms with Gasteiger partial charge in [0, 0.05) is 32.7 Å². The number of fused-ring (bicyclic) bond motifs is 3.